The summed E-state index contributed by atoms with van der Waals surface area (Å²) < 4.78 is 0. The van der Waals surface area contributed by atoms with Gasteiger partial charge in [0.05, 0.1) is 6.20 Å². The Hall–Kier alpha value is -1.30. The molecule has 0 saturated heterocycles. The minimum atomic E-state index is 0.645. The van der Waals surface area contributed by atoms with Gasteiger partial charge in [0, 0.05) is 6.42 Å². The van der Waals surface area contributed by atoms with Crippen molar-refractivity contribution in [2.24, 2.45) is 0 Å². The maximum absolute atomic E-state index is 6.71. The van der Waals surface area contributed by atoms with Crippen LogP contribution in [0, 0.1) is 6.07 Å². The lowest BCUT2D eigenvalue weighted by Crippen LogP contribution is -2.17. The number of hydrogen-bond acceptors (Lipinski definition) is 1. The SMILES string of the molecule is CCc1ncc(C#[NH+])[nH]1. The van der Waals surface area contributed by atoms with Gasteiger partial charge in [-0.1, -0.05) is 12.2 Å². The van der Waals surface area contributed by atoms with E-state index in [1.165, 1.54) is 0 Å². The van der Waals surface area contributed by atoms with Crippen LogP contribution >= 0.6 is 0 Å². The normalized spacial score (nSPS) is 8.89. The van der Waals surface area contributed by atoms with E-state index in [1.54, 1.807) is 6.20 Å². The molecule has 0 atom stereocenters. The molecule has 0 aliphatic rings. The lowest BCUT2D eigenvalue weighted by molar-refractivity contribution is -0.0912. The fourth-order valence-electron chi connectivity index (χ4n) is 0.606. The molecule has 0 unspecified atom stereocenters. The predicted octanol–water partition coefficient (Wildman–Crippen LogP) is -0.907. The number of aromatic nitrogens is 2. The molecule has 0 aliphatic carbocycles. The fraction of sp³-hybridized carbons (Fsp3) is 0.333. The van der Waals surface area contributed by atoms with Gasteiger partial charge < -0.3 is 4.98 Å². The minimum absolute atomic E-state index is 0.645. The Balaban J connectivity index is 2.90. The van der Waals surface area contributed by atoms with Gasteiger partial charge in [-0.2, -0.15) is 0 Å². The number of aromatic amines is 1. The van der Waals surface area contributed by atoms with Gasteiger partial charge in [0.2, 0.25) is 0 Å². The molecule has 0 fully saturated rings. The molecule has 0 radical (unpaired) electrons. The zero-order chi connectivity index (χ0) is 6.69. The fourth-order valence-corrected chi connectivity index (χ4v) is 0.606. The molecule has 9 heavy (non-hydrogen) atoms. The Kier molecular flexibility index (Phi) is 1.50. The molecule has 0 aromatic carbocycles. The second kappa shape index (κ2) is 2.31. The number of hydrogen-bond donors (Lipinski definition) is 2. The van der Waals surface area contributed by atoms with Gasteiger partial charge in [-0.05, 0) is 0 Å². The first-order valence-electron chi connectivity index (χ1n) is 2.83. The van der Waals surface area contributed by atoms with Crippen LogP contribution in [0.25, 0.3) is 0 Å². The summed E-state index contributed by atoms with van der Waals surface area (Å²) in [4.78, 5) is 6.87. The molecule has 3 nitrogen and oxygen atoms in total. The highest BCUT2D eigenvalue weighted by molar-refractivity contribution is 5.16. The number of aryl methyl sites for hydroxylation is 1. The van der Waals surface area contributed by atoms with Crippen molar-refractivity contribution in [1.29, 1.82) is 0 Å². The molecule has 3 heteroatoms. The predicted molar refractivity (Wildman–Crippen MR) is 31.9 cm³/mol. The summed E-state index contributed by atoms with van der Waals surface area (Å²) in [6.45, 7) is 2.01. The summed E-state index contributed by atoms with van der Waals surface area (Å²) in [6.07, 6.45) is 2.48. The second-order valence-electron chi connectivity index (χ2n) is 1.72. The lowest BCUT2D eigenvalue weighted by atomic mass is 10.5. The third-order valence-corrected chi connectivity index (χ3v) is 1.10. The zero-order valence-corrected chi connectivity index (χ0v) is 5.23. The van der Waals surface area contributed by atoms with Crippen LogP contribution in [0.3, 0.4) is 0 Å². The van der Waals surface area contributed by atoms with E-state index < -0.39 is 0 Å². The summed E-state index contributed by atoms with van der Waals surface area (Å²) in [5, 5.41) is 6.71. The molecule has 1 aromatic rings. The third kappa shape index (κ3) is 1.08. The average molecular weight is 122 g/mol. The Morgan fingerprint density at radius 3 is 3.00 bits per heavy atom. The van der Waals surface area contributed by atoms with Crippen molar-refractivity contribution in [2.75, 3.05) is 0 Å². The van der Waals surface area contributed by atoms with Crippen LogP contribution in [0.1, 0.15) is 18.4 Å². The van der Waals surface area contributed by atoms with E-state index in [9.17, 15) is 0 Å². The number of imidazole rings is 1. The van der Waals surface area contributed by atoms with Crippen LogP contribution < -0.4 is 5.26 Å². The second-order valence-corrected chi connectivity index (χ2v) is 1.72. The number of H-pyrrole nitrogens is 1. The Morgan fingerprint density at radius 1 is 1.89 bits per heavy atom. The van der Waals surface area contributed by atoms with Crippen LogP contribution in [-0.2, 0) is 6.42 Å². The molecule has 0 aliphatic heterocycles. The molecular weight excluding hydrogens is 114 g/mol. The third-order valence-electron chi connectivity index (χ3n) is 1.10. The first-order valence-corrected chi connectivity index (χ1v) is 2.83. The quantitative estimate of drug-likeness (QED) is 0.498. The summed E-state index contributed by atoms with van der Waals surface area (Å²) in [5.41, 5.74) is 0.645. The molecule has 1 rings (SSSR count). The van der Waals surface area contributed by atoms with Crippen molar-refractivity contribution in [3.63, 3.8) is 0 Å². The molecule has 0 bridgehead atoms. The van der Waals surface area contributed by atoms with E-state index in [0.717, 1.165) is 12.2 Å². The highest BCUT2D eigenvalue weighted by Crippen LogP contribution is 1.93. The first kappa shape index (κ1) is 5.83. The molecule has 1 aromatic heterocycles. The van der Waals surface area contributed by atoms with Gasteiger partial charge in [-0.3, -0.25) is 0 Å². The monoisotopic (exact) mass is 122 g/mol. The van der Waals surface area contributed by atoms with E-state index in [0.29, 0.717) is 5.69 Å². The summed E-state index contributed by atoms with van der Waals surface area (Å²) in [6, 6.07) is 2.21. The molecule has 0 amide bonds. The van der Waals surface area contributed by atoms with Crippen molar-refractivity contribution < 1.29 is 5.26 Å². The van der Waals surface area contributed by atoms with E-state index in [4.69, 9.17) is 5.26 Å². The molecule has 2 N–H and O–H groups in total. The van der Waals surface area contributed by atoms with E-state index in [1.807, 2.05) is 6.92 Å². The highest BCUT2D eigenvalue weighted by atomic mass is 14.9. The first-order chi connectivity index (χ1) is 4.36. The van der Waals surface area contributed by atoms with E-state index in [-0.39, 0.29) is 0 Å². The average Bonchev–Trinajstić information content (AvgIpc) is 2.34. The highest BCUT2D eigenvalue weighted by Gasteiger charge is 1.97. The Bertz CT molecular complexity index is 231. The van der Waals surface area contributed by atoms with Crippen LogP contribution in [0.5, 0.6) is 0 Å². The van der Waals surface area contributed by atoms with Gasteiger partial charge in [-0.15, -0.1) is 0 Å². The smallest absolute Gasteiger partial charge is 0.328 e. The van der Waals surface area contributed by atoms with Gasteiger partial charge >= 0.3 is 6.07 Å². The maximum Gasteiger partial charge on any atom is 0.328 e. The number of nitrogens with zero attached hydrogens (tertiary/aromatic N) is 1. The van der Waals surface area contributed by atoms with Crippen molar-refractivity contribution in [2.45, 2.75) is 13.3 Å². The van der Waals surface area contributed by atoms with Crippen LogP contribution in [-0.4, -0.2) is 9.97 Å². The largest absolute Gasteiger partial charge is 0.330 e. The Morgan fingerprint density at radius 2 is 2.67 bits per heavy atom. The van der Waals surface area contributed by atoms with Crippen LogP contribution in [0.15, 0.2) is 6.20 Å². The topological polar surface area (TPSA) is 52.5 Å². The van der Waals surface area contributed by atoms with Crippen molar-refractivity contribution in [3.05, 3.63) is 17.7 Å². The summed E-state index contributed by atoms with van der Waals surface area (Å²) in [5.74, 6) is 0.907. The van der Waals surface area contributed by atoms with E-state index in [2.05, 4.69) is 16.0 Å². The summed E-state index contributed by atoms with van der Waals surface area (Å²) >= 11 is 0. The molecule has 46 valence electrons. The van der Waals surface area contributed by atoms with Gasteiger partial charge in [0.25, 0.3) is 0 Å². The van der Waals surface area contributed by atoms with Gasteiger partial charge in [0.15, 0.2) is 5.69 Å². The summed E-state index contributed by atoms with van der Waals surface area (Å²) in [7, 11) is 0. The van der Waals surface area contributed by atoms with E-state index >= 15 is 0 Å². The minimum Gasteiger partial charge on any atom is -0.330 e. The number of nitrogens with one attached hydrogen (secondary N) is 2. The number of rotatable bonds is 1. The standard InChI is InChI=1S/C6H7N3/c1-2-6-8-4-5(3-7)9-6/h4H,2H2,1H3,(H,8,9)/p+1. The molecule has 0 spiro atoms. The van der Waals surface area contributed by atoms with Gasteiger partial charge in [-0.25, -0.2) is 4.98 Å². The Labute approximate surface area is 53.3 Å². The van der Waals surface area contributed by atoms with Crippen LogP contribution in [0.4, 0.5) is 0 Å². The zero-order valence-electron chi connectivity index (χ0n) is 5.23. The van der Waals surface area contributed by atoms with Crippen LogP contribution in [0.2, 0.25) is 0 Å². The van der Waals surface area contributed by atoms with Crippen molar-refractivity contribution in [3.8, 4) is 6.07 Å². The molecular formula is C6H8N3+. The molecule has 0 saturated carbocycles. The lowest BCUT2D eigenvalue weighted by Gasteiger charge is -1.80. The van der Waals surface area contributed by atoms with Crippen molar-refractivity contribution >= 4 is 0 Å². The molecule has 1 heterocycles. The van der Waals surface area contributed by atoms with Crippen molar-refractivity contribution in [1.82, 2.24) is 9.97 Å². The maximum atomic E-state index is 6.71. The van der Waals surface area contributed by atoms with Gasteiger partial charge in [0.1, 0.15) is 5.82 Å².